The van der Waals surface area contributed by atoms with E-state index >= 15 is 0 Å². The lowest BCUT2D eigenvalue weighted by Gasteiger charge is -2.13. The molecule has 0 aliphatic rings. The molecule has 0 radical (unpaired) electrons. The molecule has 9 heteroatoms. The lowest BCUT2D eigenvalue weighted by molar-refractivity contribution is 0.102. The zero-order valence-corrected chi connectivity index (χ0v) is 19.8. The van der Waals surface area contributed by atoms with Gasteiger partial charge < -0.3 is 14.6 Å². The molecule has 0 saturated heterocycles. The zero-order valence-electron chi connectivity index (χ0n) is 18.3. The summed E-state index contributed by atoms with van der Waals surface area (Å²) in [4.78, 5) is 27.3. The molecule has 0 spiro atoms. The van der Waals surface area contributed by atoms with Crippen molar-refractivity contribution >= 4 is 38.4 Å². The van der Waals surface area contributed by atoms with E-state index in [9.17, 15) is 9.59 Å². The molecular weight excluding hydrogens is 500 g/mol. The number of carbonyl (C=O) groups is 1. The zero-order chi connectivity index (χ0) is 23.8. The minimum absolute atomic E-state index is 0.220. The molecule has 0 saturated carbocycles. The van der Waals surface area contributed by atoms with Crippen molar-refractivity contribution in [2.24, 2.45) is 7.05 Å². The number of hydrogen-bond donors (Lipinski definition) is 2. The van der Waals surface area contributed by atoms with Crippen molar-refractivity contribution in [2.75, 3.05) is 12.4 Å². The largest absolute Gasteiger partial charge is 0.496 e. The van der Waals surface area contributed by atoms with E-state index in [4.69, 9.17) is 4.74 Å². The Balaban J connectivity index is 1.57. The number of nitrogens with one attached hydrogen (secondary N) is 2. The number of methoxy groups -OCH3 is 1. The standard InChI is InChI=1S/C25H19BrN4O4/c1-30-20(12-14-6-5-8-17(22(14)30)16-7-3-4-9-21(16)33-2)24(31)27-19-11-10-15(26)13-18(19)23-28-25(32)34-29-23/h3-13H,1-2H3,(H,27,31)(H,28,29,32). The van der Waals surface area contributed by atoms with E-state index < -0.39 is 5.76 Å². The lowest BCUT2D eigenvalue weighted by Crippen LogP contribution is -2.16. The monoisotopic (exact) mass is 518 g/mol. The lowest BCUT2D eigenvalue weighted by atomic mass is 10.0. The number of rotatable bonds is 5. The Hall–Kier alpha value is -4.11. The predicted molar refractivity (Wildman–Crippen MR) is 133 cm³/mol. The smallest absolute Gasteiger partial charge is 0.439 e. The summed E-state index contributed by atoms with van der Waals surface area (Å²) < 4.78 is 12.8. The van der Waals surface area contributed by atoms with Crippen LogP contribution in [0.4, 0.5) is 5.69 Å². The van der Waals surface area contributed by atoms with E-state index in [1.54, 1.807) is 25.3 Å². The molecule has 0 fully saturated rings. The second-order valence-corrected chi connectivity index (χ2v) is 8.54. The molecule has 2 N–H and O–H groups in total. The first-order chi connectivity index (χ1) is 16.5. The molecule has 5 rings (SSSR count). The topological polar surface area (TPSA) is 102 Å². The maximum absolute atomic E-state index is 13.4. The van der Waals surface area contributed by atoms with Crippen LogP contribution in [0, 0.1) is 0 Å². The molecule has 170 valence electrons. The number of amides is 1. The summed E-state index contributed by atoms with van der Waals surface area (Å²) in [5, 5.41) is 7.61. The number of ether oxygens (including phenoxy) is 1. The first-order valence-corrected chi connectivity index (χ1v) is 11.1. The highest BCUT2D eigenvalue weighted by molar-refractivity contribution is 9.10. The first-order valence-electron chi connectivity index (χ1n) is 10.4. The van der Waals surface area contributed by atoms with Gasteiger partial charge in [-0.2, -0.15) is 0 Å². The molecule has 0 aliphatic heterocycles. The van der Waals surface area contributed by atoms with E-state index in [1.807, 2.05) is 60.1 Å². The van der Waals surface area contributed by atoms with Crippen molar-refractivity contribution in [2.45, 2.75) is 0 Å². The second-order valence-electron chi connectivity index (χ2n) is 7.62. The number of hydrogen-bond acceptors (Lipinski definition) is 5. The molecule has 2 aromatic heterocycles. The highest BCUT2D eigenvalue weighted by atomic mass is 79.9. The summed E-state index contributed by atoms with van der Waals surface area (Å²) in [5.41, 5.74) is 4.28. The number of aromatic amines is 1. The van der Waals surface area contributed by atoms with Crippen LogP contribution < -0.4 is 15.8 Å². The van der Waals surface area contributed by atoms with Gasteiger partial charge >= 0.3 is 5.76 Å². The number of anilines is 1. The van der Waals surface area contributed by atoms with Gasteiger partial charge in [0.05, 0.1) is 18.3 Å². The van der Waals surface area contributed by atoms with Gasteiger partial charge in [0.15, 0.2) is 5.82 Å². The first kappa shape index (κ1) is 21.7. The van der Waals surface area contributed by atoms with E-state index in [-0.39, 0.29) is 11.7 Å². The van der Waals surface area contributed by atoms with Crippen LogP contribution in [-0.2, 0) is 7.05 Å². The molecule has 0 atom stereocenters. The van der Waals surface area contributed by atoms with Gasteiger partial charge in [-0.3, -0.25) is 14.3 Å². The molecule has 2 heterocycles. The summed E-state index contributed by atoms with van der Waals surface area (Å²) in [6.07, 6.45) is 0. The van der Waals surface area contributed by atoms with Crippen LogP contribution in [0.1, 0.15) is 10.5 Å². The summed E-state index contributed by atoms with van der Waals surface area (Å²) in [6, 6.07) is 20.8. The average molecular weight is 519 g/mol. The van der Waals surface area contributed by atoms with Crippen molar-refractivity contribution < 1.29 is 14.1 Å². The van der Waals surface area contributed by atoms with Crippen molar-refractivity contribution in [3.63, 3.8) is 0 Å². The fourth-order valence-corrected chi connectivity index (χ4v) is 4.43. The maximum atomic E-state index is 13.4. The van der Waals surface area contributed by atoms with Gasteiger partial charge in [-0.05, 0) is 30.3 Å². The predicted octanol–water partition coefficient (Wildman–Crippen LogP) is 5.21. The van der Waals surface area contributed by atoms with Crippen LogP contribution in [-0.4, -0.2) is 27.7 Å². The van der Waals surface area contributed by atoms with Crippen LogP contribution in [0.2, 0.25) is 0 Å². The van der Waals surface area contributed by atoms with Crippen LogP contribution >= 0.6 is 15.9 Å². The average Bonchev–Trinajstić information content (AvgIpc) is 3.43. The van der Waals surface area contributed by atoms with E-state index in [2.05, 4.69) is 35.9 Å². The number of benzene rings is 3. The van der Waals surface area contributed by atoms with Gasteiger partial charge in [-0.25, -0.2) is 4.79 Å². The molecule has 34 heavy (non-hydrogen) atoms. The molecule has 8 nitrogen and oxygen atoms in total. The number of aromatic nitrogens is 3. The Morgan fingerprint density at radius 3 is 2.62 bits per heavy atom. The Morgan fingerprint density at radius 1 is 1.06 bits per heavy atom. The SMILES string of the molecule is COc1ccccc1-c1cccc2cc(C(=O)Nc3ccc(Br)cc3-c3noc(=O)[nH]3)n(C)c12. The summed E-state index contributed by atoms with van der Waals surface area (Å²) in [6.45, 7) is 0. The number of aryl methyl sites for hydroxylation is 1. The Bertz CT molecular complexity index is 1600. The normalized spacial score (nSPS) is 11.0. The molecule has 0 unspecified atom stereocenters. The molecule has 0 aliphatic carbocycles. The van der Waals surface area contributed by atoms with E-state index in [0.29, 0.717) is 16.9 Å². The Labute approximate surface area is 202 Å². The second kappa shape index (κ2) is 8.68. The maximum Gasteiger partial charge on any atom is 0.439 e. The number of H-pyrrole nitrogens is 1. The minimum Gasteiger partial charge on any atom is -0.496 e. The number of carbonyl (C=O) groups excluding carboxylic acids is 1. The van der Waals surface area contributed by atoms with Gasteiger partial charge in [-0.15, -0.1) is 0 Å². The van der Waals surface area contributed by atoms with Crippen LogP contribution in [0.25, 0.3) is 33.4 Å². The fraction of sp³-hybridized carbons (Fsp3) is 0.0800. The third kappa shape index (κ3) is 3.80. The molecule has 3 aromatic carbocycles. The highest BCUT2D eigenvalue weighted by Crippen LogP contribution is 2.36. The molecular formula is C25H19BrN4O4. The molecule has 0 bridgehead atoms. The fourth-order valence-electron chi connectivity index (χ4n) is 4.07. The van der Waals surface area contributed by atoms with Gasteiger partial charge in [-0.1, -0.05) is 57.5 Å². The highest BCUT2D eigenvalue weighted by Gasteiger charge is 2.20. The summed E-state index contributed by atoms with van der Waals surface area (Å²) in [7, 11) is 3.49. The number of fused-ring (bicyclic) bond motifs is 1. The molecule has 5 aromatic rings. The summed E-state index contributed by atoms with van der Waals surface area (Å²) in [5.74, 6) is -0.00990. The quantitative estimate of drug-likeness (QED) is 0.332. The Morgan fingerprint density at radius 2 is 1.85 bits per heavy atom. The third-order valence-corrected chi connectivity index (χ3v) is 6.10. The van der Waals surface area contributed by atoms with E-state index in [1.165, 1.54) is 0 Å². The van der Waals surface area contributed by atoms with Crippen LogP contribution in [0.5, 0.6) is 5.75 Å². The number of halogens is 1. The van der Waals surface area contributed by atoms with Gasteiger partial charge in [0.2, 0.25) is 0 Å². The van der Waals surface area contributed by atoms with Gasteiger partial charge in [0.1, 0.15) is 11.4 Å². The molecule has 1 amide bonds. The van der Waals surface area contributed by atoms with Crippen molar-refractivity contribution in [1.29, 1.82) is 0 Å². The minimum atomic E-state index is -0.676. The third-order valence-electron chi connectivity index (χ3n) is 5.61. The van der Waals surface area contributed by atoms with Crippen molar-refractivity contribution in [3.05, 3.63) is 87.4 Å². The van der Waals surface area contributed by atoms with Crippen molar-refractivity contribution in [1.82, 2.24) is 14.7 Å². The Kier molecular flexibility index (Phi) is 5.54. The number of para-hydroxylation sites is 2. The van der Waals surface area contributed by atoms with Crippen LogP contribution in [0.3, 0.4) is 0 Å². The van der Waals surface area contributed by atoms with Crippen molar-refractivity contribution in [3.8, 4) is 28.3 Å². The van der Waals surface area contributed by atoms with E-state index in [0.717, 1.165) is 32.3 Å². The van der Waals surface area contributed by atoms with Crippen LogP contribution in [0.15, 0.2) is 80.5 Å². The summed E-state index contributed by atoms with van der Waals surface area (Å²) >= 11 is 3.41. The van der Waals surface area contributed by atoms with Gasteiger partial charge in [0.25, 0.3) is 5.91 Å². The van der Waals surface area contributed by atoms with Gasteiger partial charge in [0, 0.05) is 33.6 Å². The number of nitrogens with zero attached hydrogens (tertiary/aromatic N) is 2.